The van der Waals surface area contributed by atoms with Gasteiger partial charge in [0.2, 0.25) is 0 Å². The number of amidine groups is 1. The number of nitrogens with zero attached hydrogens (tertiary/aromatic N) is 2. The molecule has 3 aromatic rings. The monoisotopic (exact) mass is 478 g/mol. The average molecular weight is 479 g/mol. The first-order valence-corrected chi connectivity index (χ1v) is 11.5. The number of methoxy groups -OCH3 is 1. The molecule has 0 amide bonds. The third-order valence-corrected chi connectivity index (χ3v) is 6.03. The molecule has 8 heteroatoms. The van der Waals surface area contributed by atoms with Crippen LogP contribution in [-0.4, -0.2) is 60.9 Å². The number of carbonyl (C=O) groups excluding carboxylic acids is 1. The number of benzene rings is 3. The summed E-state index contributed by atoms with van der Waals surface area (Å²) in [4.78, 5) is 16.9. The van der Waals surface area contributed by atoms with E-state index in [-0.39, 0.29) is 12.0 Å². The molecule has 2 heterocycles. The largest absolute Gasteiger partial charge is 0.517 e. The van der Waals surface area contributed by atoms with E-state index in [0.717, 1.165) is 42.5 Å². The Hall–Kier alpha value is -3.55. The quantitative estimate of drug-likeness (QED) is 0.445. The summed E-state index contributed by atoms with van der Waals surface area (Å²) in [5.41, 5.74) is 2.26. The standard InChI is InChI=1S/C26H24ClN3O4/c1-32-26(31)17-6-9-20(10-7-17)33-16-19-15-30(13-12-28-19)25-21-4-2-3-5-23(21)34-24-11-8-18(27)14-22(24)29-25/h2-11,14,19,28H,12-13,15-16H2,1H3/p+1. The molecule has 1 atom stereocenters. The zero-order chi connectivity index (χ0) is 23.5. The molecule has 1 fully saturated rings. The van der Waals surface area contributed by atoms with E-state index in [1.165, 1.54) is 7.11 Å². The number of esters is 1. The van der Waals surface area contributed by atoms with Gasteiger partial charge in [-0.1, -0.05) is 23.7 Å². The third-order valence-electron chi connectivity index (χ3n) is 5.80. The number of piperazine rings is 1. The van der Waals surface area contributed by atoms with E-state index >= 15 is 0 Å². The lowest BCUT2D eigenvalue weighted by atomic mass is 10.1. The highest BCUT2D eigenvalue weighted by Crippen LogP contribution is 2.39. The Morgan fingerprint density at radius 1 is 1.15 bits per heavy atom. The fourth-order valence-corrected chi connectivity index (χ4v) is 4.24. The maximum absolute atomic E-state index is 9.68. The highest BCUT2D eigenvalue weighted by Gasteiger charge is 2.27. The first-order chi connectivity index (χ1) is 16.6. The molecule has 1 saturated heterocycles. The number of nitrogens with one attached hydrogen (secondary N) is 1. The van der Waals surface area contributed by atoms with Gasteiger partial charge in [0.1, 0.15) is 35.2 Å². The number of ether oxygens (including phenoxy) is 3. The van der Waals surface area contributed by atoms with Gasteiger partial charge in [0.05, 0.1) is 11.6 Å². The molecule has 0 spiro atoms. The number of para-hydroxylation sites is 1. The van der Waals surface area contributed by atoms with Crippen LogP contribution in [0.4, 0.5) is 5.69 Å². The first kappa shape index (κ1) is 22.3. The second-order valence-corrected chi connectivity index (χ2v) is 8.52. The second-order valence-electron chi connectivity index (χ2n) is 8.09. The van der Waals surface area contributed by atoms with Gasteiger partial charge < -0.3 is 29.2 Å². The van der Waals surface area contributed by atoms with Crippen LogP contribution in [0.25, 0.3) is 0 Å². The minimum absolute atomic E-state index is 0.102. The van der Waals surface area contributed by atoms with Crippen LogP contribution in [0, 0.1) is 0 Å². The summed E-state index contributed by atoms with van der Waals surface area (Å²) in [7, 11) is 1.43. The van der Waals surface area contributed by atoms with Gasteiger partial charge in [-0.05, 0) is 54.6 Å². The smallest absolute Gasteiger partial charge is 0.492 e. The lowest BCUT2D eigenvalue weighted by Crippen LogP contribution is -2.54. The van der Waals surface area contributed by atoms with E-state index in [2.05, 4.69) is 10.2 Å². The van der Waals surface area contributed by atoms with Crippen molar-refractivity contribution in [2.75, 3.05) is 33.4 Å². The van der Waals surface area contributed by atoms with Crippen LogP contribution in [0.3, 0.4) is 0 Å². The molecule has 0 radical (unpaired) electrons. The topological polar surface area (TPSA) is 76.7 Å². The predicted octanol–water partition coefficient (Wildman–Crippen LogP) is 4.37. The maximum Gasteiger partial charge on any atom is 0.517 e. The minimum atomic E-state index is -0.118. The highest BCUT2D eigenvalue weighted by atomic mass is 35.5. The lowest BCUT2D eigenvalue weighted by molar-refractivity contribution is 0.206. The summed E-state index contributed by atoms with van der Waals surface area (Å²) in [6.07, 6.45) is 0. The number of halogens is 1. The lowest BCUT2D eigenvalue weighted by Gasteiger charge is -2.35. The Morgan fingerprint density at radius 2 is 1.97 bits per heavy atom. The Bertz CT molecular complexity index is 1230. The van der Waals surface area contributed by atoms with Crippen molar-refractivity contribution in [2.45, 2.75) is 6.04 Å². The molecule has 7 nitrogen and oxygen atoms in total. The summed E-state index contributed by atoms with van der Waals surface area (Å²) in [5, 5.41) is 4.14. The molecule has 1 unspecified atom stereocenters. The third kappa shape index (κ3) is 4.71. The summed E-state index contributed by atoms with van der Waals surface area (Å²) < 4.78 is 17.0. The molecule has 0 saturated carbocycles. The number of hydrogen-bond donors (Lipinski definition) is 1. The Balaban J connectivity index is 1.34. The molecule has 0 aromatic heterocycles. The summed E-state index contributed by atoms with van der Waals surface area (Å²) in [6, 6.07) is 20.7. The molecule has 2 N–H and O–H groups in total. The second kappa shape index (κ2) is 9.75. The van der Waals surface area contributed by atoms with E-state index < -0.39 is 0 Å². The molecule has 3 aromatic carbocycles. The summed E-state index contributed by atoms with van der Waals surface area (Å²) >= 11 is 6.25. The van der Waals surface area contributed by atoms with Crippen LogP contribution in [0.2, 0.25) is 5.02 Å². The zero-order valence-corrected chi connectivity index (χ0v) is 19.5. The molecule has 0 aliphatic carbocycles. The average Bonchev–Trinajstić information content (AvgIpc) is 3.04. The van der Waals surface area contributed by atoms with Gasteiger partial charge >= 0.3 is 5.97 Å². The van der Waals surface area contributed by atoms with Gasteiger partial charge in [-0.2, -0.15) is 0 Å². The highest BCUT2D eigenvalue weighted by molar-refractivity contribution is 6.31. The van der Waals surface area contributed by atoms with E-state index in [9.17, 15) is 4.79 Å². The van der Waals surface area contributed by atoms with Crippen molar-refractivity contribution < 1.29 is 19.0 Å². The minimum Gasteiger partial charge on any atom is -0.492 e. The van der Waals surface area contributed by atoms with Gasteiger partial charge in [-0.3, -0.25) is 0 Å². The van der Waals surface area contributed by atoms with Crippen LogP contribution in [-0.2, 0) is 4.74 Å². The van der Waals surface area contributed by atoms with Crippen LogP contribution in [0.5, 0.6) is 17.2 Å². The van der Waals surface area contributed by atoms with Crippen molar-refractivity contribution in [3.05, 3.63) is 82.9 Å². The Morgan fingerprint density at radius 3 is 2.79 bits per heavy atom. The van der Waals surface area contributed by atoms with Gasteiger partial charge in [-0.15, -0.1) is 0 Å². The predicted molar refractivity (Wildman–Crippen MR) is 133 cm³/mol. The van der Waals surface area contributed by atoms with Crippen LogP contribution in [0.15, 0.2) is 71.7 Å². The molecule has 5 rings (SSSR count). The molecular weight excluding hydrogens is 454 g/mol. The van der Waals surface area contributed by atoms with Gasteiger partial charge in [-0.25, -0.2) is 4.99 Å². The SMILES string of the molecule is COC(=[OH+])c1ccc(OCC2CN(C3=Nc4cc(Cl)ccc4Oc4ccccc43)CCN2)cc1. The number of aliphatic imine (C=N–C) groups is 1. The van der Waals surface area contributed by atoms with E-state index in [4.69, 9.17) is 30.8 Å². The summed E-state index contributed by atoms with van der Waals surface area (Å²) in [6.45, 7) is 2.82. The van der Waals surface area contributed by atoms with Crippen molar-refractivity contribution in [3.8, 4) is 17.2 Å². The molecule has 2 aliphatic heterocycles. The number of hydrogen-bond acceptors (Lipinski definition) is 6. The Kier molecular flexibility index (Phi) is 6.38. The number of rotatable bonds is 4. The van der Waals surface area contributed by atoms with Crippen molar-refractivity contribution in [3.63, 3.8) is 0 Å². The first-order valence-electron chi connectivity index (χ1n) is 11.1. The fourth-order valence-electron chi connectivity index (χ4n) is 4.08. The van der Waals surface area contributed by atoms with Crippen LogP contribution in [0.1, 0.15) is 11.1 Å². The number of fused-ring (bicyclic) bond motifs is 2. The van der Waals surface area contributed by atoms with Crippen molar-refractivity contribution in [1.82, 2.24) is 10.2 Å². The van der Waals surface area contributed by atoms with Crippen molar-refractivity contribution in [2.24, 2.45) is 4.99 Å². The molecule has 34 heavy (non-hydrogen) atoms. The summed E-state index contributed by atoms with van der Waals surface area (Å²) in [5.74, 6) is 2.91. The van der Waals surface area contributed by atoms with E-state index in [1.54, 1.807) is 12.1 Å². The van der Waals surface area contributed by atoms with Crippen molar-refractivity contribution >= 4 is 29.1 Å². The van der Waals surface area contributed by atoms with Gasteiger partial charge in [0.25, 0.3) is 0 Å². The molecular formula is C26H25ClN3O4+. The fraction of sp³-hybridized carbons (Fsp3) is 0.231. The zero-order valence-electron chi connectivity index (χ0n) is 18.7. The Labute approximate surface area is 202 Å². The van der Waals surface area contributed by atoms with Crippen molar-refractivity contribution in [1.29, 1.82) is 0 Å². The van der Waals surface area contributed by atoms with Gasteiger partial charge in [0, 0.05) is 24.7 Å². The van der Waals surface area contributed by atoms with Gasteiger partial charge in [0.15, 0.2) is 12.9 Å². The normalized spacial score (nSPS) is 16.9. The van der Waals surface area contributed by atoms with Crippen LogP contribution < -0.4 is 14.8 Å². The maximum atomic E-state index is 9.68. The van der Waals surface area contributed by atoms with E-state index in [1.807, 2.05) is 54.6 Å². The molecule has 0 bridgehead atoms. The molecule has 2 aliphatic rings. The van der Waals surface area contributed by atoms with Crippen LogP contribution >= 0.6 is 11.6 Å². The van der Waals surface area contributed by atoms with E-state index in [0.29, 0.717) is 28.6 Å². The molecule has 174 valence electrons.